The molecule has 5 heteroatoms. The van der Waals surface area contributed by atoms with Gasteiger partial charge in [0.25, 0.3) is 5.91 Å². The summed E-state index contributed by atoms with van der Waals surface area (Å²) >= 11 is 0. The standard InChI is InChI=1S/C35H43N3OSi/c1-6-8-18-37(3)35(39)27-16-10-9-15-26(27)34-28-20-24-13-11-17-36-30(24)22-32(28)40(4,5)33-23-31-25(21-29(33)34)14-12-19-38(31)7-2/h9-10,15-16,20-23H,6-8,11-14,17-19H2,1-5H3/p+1. The van der Waals surface area contributed by atoms with Gasteiger partial charge in [-0.2, -0.15) is 0 Å². The van der Waals surface area contributed by atoms with E-state index in [1.807, 2.05) is 24.1 Å². The van der Waals surface area contributed by atoms with Crippen molar-refractivity contribution in [1.82, 2.24) is 9.48 Å². The van der Waals surface area contributed by atoms with E-state index in [0.717, 1.165) is 69.4 Å². The Balaban J connectivity index is 1.70. The van der Waals surface area contributed by atoms with E-state index in [9.17, 15) is 4.79 Å². The normalized spacial score (nSPS) is 16.8. The van der Waals surface area contributed by atoms with Crippen LogP contribution in [-0.2, 0) is 12.8 Å². The highest BCUT2D eigenvalue weighted by Gasteiger charge is 2.38. The summed E-state index contributed by atoms with van der Waals surface area (Å²) in [5.41, 5.74) is 8.69. The summed E-state index contributed by atoms with van der Waals surface area (Å²) in [6.07, 6.45) is 6.68. The Bertz CT molecular complexity index is 1620. The number of aryl methyl sites for hydroxylation is 2. The second-order valence-electron chi connectivity index (χ2n) is 12.4. The summed E-state index contributed by atoms with van der Waals surface area (Å²) in [6.45, 7) is 13.5. The van der Waals surface area contributed by atoms with Crippen LogP contribution in [0.3, 0.4) is 0 Å². The predicted molar refractivity (Wildman–Crippen MR) is 171 cm³/mol. The molecule has 0 fully saturated rings. The lowest BCUT2D eigenvalue weighted by Gasteiger charge is -2.35. The van der Waals surface area contributed by atoms with E-state index in [2.05, 4.69) is 73.2 Å². The second-order valence-corrected chi connectivity index (χ2v) is 16.7. The molecule has 0 atom stereocenters. The first kappa shape index (κ1) is 27.0. The van der Waals surface area contributed by atoms with Crippen molar-refractivity contribution in [3.05, 3.63) is 86.9 Å². The summed E-state index contributed by atoms with van der Waals surface area (Å²) < 4.78 is 2.56. The third kappa shape index (κ3) is 4.43. The van der Waals surface area contributed by atoms with Crippen LogP contribution in [0, 0.1) is 0 Å². The van der Waals surface area contributed by atoms with Crippen LogP contribution in [0.1, 0.15) is 72.1 Å². The highest BCUT2D eigenvalue weighted by Crippen LogP contribution is 2.32. The van der Waals surface area contributed by atoms with Gasteiger partial charge in [-0.05, 0) is 94.7 Å². The fraction of sp³-hybridized carbons (Fsp3) is 0.429. The van der Waals surface area contributed by atoms with Gasteiger partial charge in [-0.3, -0.25) is 4.79 Å². The summed E-state index contributed by atoms with van der Waals surface area (Å²) in [5, 5.41) is 9.49. The Morgan fingerprint density at radius 3 is 2.58 bits per heavy atom. The van der Waals surface area contributed by atoms with Crippen molar-refractivity contribution >= 4 is 35.6 Å². The van der Waals surface area contributed by atoms with Gasteiger partial charge >= 0.3 is 0 Å². The minimum atomic E-state index is -2.03. The quantitative estimate of drug-likeness (QED) is 0.375. The number of unbranched alkanes of at least 4 members (excludes halogenated alkanes) is 1. The molecule has 40 heavy (non-hydrogen) atoms. The molecule has 1 amide bonds. The predicted octanol–water partition coefficient (Wildman–Crippen LogP) is 3.76. The summed E-state index contributed by atoms with van der Waals surface area (Å²) in [5.74, 6) is 0.122. The second kappa shape index (κ2) is 10.7. The maximum absolute atomic E-state index is 13.9. The number of nitrogens with one attached hydrogen (secondary N) is 1. The Morgan fingerprint density at radius 1 is 0.975 bits per heavy atom. The van der Waals surface area contributed by atoms with Crippen LogP contribution in [0.4, 0.5) is 5.69 Å². The third-order valence-electron chi connectivity index (χ3n) is 9.50. The van der Waals surface area contributed by atoms with Gasteiger partial charge in [-0.15, -0.1) is 0 Å². The van der Waals surface area contributed by atoms with Crippen LogP contribution in [0.5, 0.6) is 0 Å². The fourth-order valence-corrected chi connectivity index (χ4v) is 10.2. The zero-order valence-electron chi connectivity index (χ0n) is 25.0. The van der Waals surface area contributed by atoms with Crippen molar-refractivity contribution in [2.24, 2.45) is 0 Å². The first-order valence-electron chi connectivity index (χ1n) is 15.4. The van der Waals surface area contributed by atoms with Crippen molar-refractivity contribution in [3.8, 4) is 0 Å². The Morgan fingerprint density at radius 2 is 1.77 bits per heavy atom. The molecule has 0 aliphatic carbocycles. The van der Waals surface area contributed by atoms with Crippen molar-refractivity contribution < 1.29 is 4.79 Å². The molecule has 3 aliphatic rings. The Hall–Kier alpha value is -3.18. The summed E-state index contributed by atoms with van der Waals surface area (Å²) in [7, 11) is -0.0798. The smallest absolute Gasteiger partial charge is 0.254 e. The van der Waals surface area contributed by atoms with E-state index in [1.165, 1.54) is 55.3 Å². The van der Waals surface area contributed by atoms with Gasteiger partial charge in [0.2, 0.25) is 5.36 Å². The number of benzene rings is 3. The lowest BCUT2D eigenvalue weighted by molar-refractivity contribution is 0.0793. The summed E-state index contributed by atoms with van der Waals surface area (Å²) in [6, 6.07) is 18.4. The van der Waals surface area contributed by atoms with Crippen LogP contribution in [0.25, 0.3) is 5.57 Å². The largest absolute Gasteiger partial charge is 0.385 e. The zero-order chi connectivity index (χ0) is 28.0. The number of nitrogens with zero attached hydrogens (tertiary/aromatic N) is 2. The first-order chi connectivity index (χ1) is 19.3. The average molecular weight is 551 g/mol. The maximum Gasteiger partial charge on any atom is 0.254 e. The molecule has 0 unspecified atom stereocenters. The van der Waals surface area contributed by atoms with Gasteiger partial charge in [0.1, 0.15) is 21.2 Å². The van der Waals surface area contributed by atoms with Gasteiger partial charge in [0.15, 0.2) is 0 Å². The van der Waals surface area contributed by atoms with Gasteiger partial charge in [0, 0.05) is 49.4 Å². The third-order valence-corrected chi connectivity index (χ3v) is 13.0. The highest BCUT2D eigenvalue weighted by atomic mass is 28.3. The van der Waals surface area contributed by atoms with Crippen LogP contribution >= 0.6 is 0 Å². The molecule has 4 nitrogen and oxygen atoms in total. The topological polar surface area (TPSA) is 35.4 Å². The van der Waals surface area contributed by atoms with Gasteiger partial charge in [0.05, 0.1) is 0 Å². The number of carbonyl (C=O) groups excluding carboxylic acids is 1. The molecule has 0 saturated carbocycles. The number of carbonyl (C=O) groups is 1. The van der Waals surface area contributed by atoms with E-state index in [4.69, 9.17) is 0 Å². The first-order valence-corrected chi connectivity index (χ1v) is 18.4. The lowest BCUT2D eigenvalue weighted by Crippen LogP contribution is -2.64. The van der Waals surface area contributed by atoms with E-state index in [0.29, 0.717) is 0 Å². The molecule has 3 aromatic rings. The molecule has 0 saturated heterocycles. The molecule has 3 heterocycles. The van der Waals surface area contributed by atoms with Gasteiger partial charge in [-0.25, -0.2) is 4.58 Å². The lowest BCUT2D eigenvalue weighted by atomic mass is 9.88. The van der Waals surface area contributed by atoms with Gasteiger partial charge in [-0.1, -0.05) is 44.6 Å². The molecular weight excluding hydrogens is 506 g/mol. The number of hydrogen-bond acceptors (Lipinski definition) is 2. The number of anilines is 1. The van der Waals surface area contributed by atoms with Crippen LogP contribution in [0.2, 0.25) is 13.1 Å². The van der Waals surface area contributed by atoms with Crippen molar-refractivity contribution in [2.45, 2.75) is 65.5 Å². The van der Waals surface area contributed by atoms with E-state index in [-0.39, 0.29) is 5.91 Å². The highest BCUT2D eigenvalue weighted by molar-refractivity contribution is 7.01. The molecular formula is C35H44N3OSi+. The average Bonchev–Trinajstić information content (AvgIpc) is 2.98. The molecule has 0 bridgehead atoms. The minimum absolute atomic E-state index is 0.122. The number of fused-ring (bicyclic) bond motifs is 4. The SMILES string of the molecule is CCCCN(C)C(=O)c1ccccc1C1=c2cc3c(cc2[Si](C)(C)c2cc4c(cc21)CCCN4)=[N+](CC)CCC3. The van der Waals surface area contributed by atoms with Crippen molar-refractivity contribution in [2.75, 3.05) is 38.5 Å². The van der Waals surface area contributed by atoms with E-state index >= 15 is 0 Å². The van der Waals surface area contributed by atoms with Crippen molar-refractivity contribution in [3.63, 3.8) is 0 Å². The molecule has 1 N–H and O–H groups in total. The van der Waals surface area contributed by atoms with Crippen LogP contribution in [-0.4, -0.2) is 52.1 Å². The van der Waals surface area contributed by atoms with Gasteiger partial charge < -0.3 is 10.2 Å². The molecule has 208 valence electrons. The monoisotopic (exact) mass is 550 g/mol. The number of rotatable bonds is 6. The Labute approximate surface area is 240 Å². The van der Waals surface area contributed by atoms with Crippen LogP contribution in [0.15, 0.2) is 48.5 Å². The number of hydrogen-bond donors (Lipinski definition) is 1. The molecule has 3 aromatic carbocycles. The molecule has 0 spiro atoms. The van der Waals surface area contributed by atoms with E-state index < -0.39 is 8.07 Å². The number of amides is 1. The summed E-state index contributed by atoms with van der Waals surface area (Å²) in [4.78, 5) is 15.8. The zero-order valence-corrected chi connectivity index (χ0v) is 26.0. The van der Waals surface area contributed by atoms with Crippen molar-refractivity contribution in [1.29, 1.82) is 0 Å². The molecule has 0 aromatic heterocycles. The molecule has 6 rings (SSSR count). The molecule has 3 aliphatic heterocycles. The van der Waals surface area contributed by atoms with E-state index in [1.54, 1.807) is 0 Å². The molecule has 0 radical (unpaired) electrons. The fourth-order valence-electron chi connectivity index (χ4n) is 7.17. The maximum atomic E-state index is 13.9. The minimum Gasteiger partial charge on any atom is -0.385 e. The van der Waals surface area contributed by atoms with Crippen LogP contribution < -0.4 is 30.8 Å². The Kier molecular flexibility index (Phi) is 7.20.